The Labute approximate surface area is 223 Å². The molecule has 0 bridgehead atoms. The molecule has 39 heavy (non-hydrogen) atoms. The van der Waals surface area contributed by atoms with Gasteiger partial charge in [0.1, 0.15) is 0 Å². The van der Waals surface area contributed by atoms with Crippen LogP contribution in [-0.4, -0.2) is 35.7 Å². The predicted octanol–water partition coefficient (Wildman–Crippen LogP) is 4.78. The lowest BCUT2D eigenvalue weighted by Gasteiger charge is -2.14. The van der Waals surface area contributed by atoms with E-state index in [1.54, 1.807) is 18.2 Å². The van der Waals surface area contributed by atoms with Crippen LogP contribution in [0.15, 0.2) is 84.9 Å². The van der Waals surface area contributed by atoms with Gasteiger partial charge in [-0.3, -0.25) is 19.2 Å². The Morgan fingerprint density at radius 3 is 2.13 bits per heavy atom. The van der Waals surface area contributed by atoms with Crippen molar-refractivity contribution in [2.24, 2.45) is 0 Å². The number of anilines is 3. The van der Waals surface area contributed by atoms with E-state index < -0.39 is 29.8 Å². The highest BCUT2D eigenvalue weighted by atomic mass is 16.5. The summed E-state index contributed by atoms with van der Waals surface area (Å²) in [6, 6.07) is 23.5. The molecular formula is C30H23N3O6. The number of carbonyl (C=O) groups excluding carboxylic acids is 5. The molecule has 1 atom stereocenters. The maximum absolute atomic E-state index is 13.1. The van der Waals surface area contributed by atoms with Crippen molar-refractivity contribution in [1.29, 1.82) is 0 Å². The zero-order valence-corrected chi connectivity index (χ0v) is 21.1. The van der Waals surface area contributed by atoms with E-state index in [0.717, 1.165) is 15.7 Å². The molecule has 2 N–H and O–H groups in total. The topological polar surface area (TPSA) is 122 Å². The van der Waals surface area contributed by atoms with Gasteiger partial charge in [-0.05, 0) is 72.3 Å². The molecule has 0 spiro atoms. The summed E-state index contributed by atoms with van der Waals surface area (Å²) in [5.74, 6) is -2.70. The van der Waals surface area contributed by atoms with Gasteiger partial charge in [0.05, 0.1) is 22.4 Å². The van der Waals surface area contributed by atoms with Crippen LogP contribution in [0.2, 0.25) is 0 Å². The number of nitrogens with one attached hydrogen (secondary N) is 2. The van der Waals surface area contributed by atoms with Crippen LogP contribution < -0.4 is 15.5 Å². The maximum Gasteiger partial charge on any atom is 0.338 e. The summed E-state index contributed by atoms with van der Waals surface area (Å²) in [6.45, 7) is 2.82. The normalized spacial score (nSPS) is 13.1. The molecule has 9 nitrogen and oxygen atoms in total. The second-order valence-corrected chi connectivity index (χ2v) is 9.03. The second-order valence-electron chi connectivity index (χ2n) is 9.03. The second kappa shape index (κ2) is 10.2. The summed E-state index contributed by atoms with van der Waals surface area (Å²) in [7, 11) is 0. The summed E-state index contributed by atoms with van der Waals surface area (Å²) < 4.78 is 5.34. The lowest BCUT2D eigenvalue weighted by molar-refractivity contribution is -0.123. The Morgan fingerprint density at radius 2 is 1.41 bits per heavy atom. The largest absolute Gasteiger partial charge is 0.449 e. The molecule has 4 aromatic carbocycles. The van der Waals surface area contributed by atoms with Gasteiger partial charge in [-0.25, -0.2) is 9.69 Å². The summed E-state index contributed by atoms with van der Waals surface area (Å²) in [6.07, 6.45) is -1.12. The Bertz CT molecular complexity index is 1660. The number of imide groups is 1. The zero-order valence-electron chi connectivity index (χ0n) is 21.1. The van der Waals surface area contributed by atoms with Gasteiger partial charge in [-0.2, -0.15) is 0 Å². The van der Waals surface area contributed by atoms with Crippen molar-refractivity contribution >= 4 is 57.4 Å². The van der Waals surface area contributed by atoms with Crippen LogP contribution in [0.1, 0.15) is 44.9 Å². The highest BCUT2D eigenvalue weighted by molar-refractivity contribution is 6.34. The van der Waals surface area contributed by atoms with Gasteiger partial charge >= 0.3 is 5.97 Å². The maximum atomic E-state index is 13.1. The number of amides is 4. The first-order valence-electron chi connectivity index (χ1n) is 12.1. The molecule has 4 amide bonds. The quantitative estimate of drug-likeness (QED) is 0.278. The van der Waals surface area contributed by atoms with Crippen LogP contribution in [0.4, 0.5) is 17.1 Å². The van der Waals surface area contributed by atoms with Gasteiger partial charge in [0.2, 0.25) is 5.91 Å². The molecule has 0 unspecified atom stereocenters. The van der Waals surface area contributed by atoms with Gasteiger partial charge in [0.25, 0.3) is 17.7 Å². The van der Waals surface area contributed by atoms with Crippen molar-refractivity contribution in [2.75, 3.05) is 15.5 Å². The van der Waals surface area contributed by atoms with E-state index in [-0.39, 0.29) is 22.6 Å². The molecule has 9 heteroatoms. The third kappa shape index (κ3) is 5.10. The van der Waals surface area contributed by atoms with Crippen molar-refractivity contribution < 1.29 is 28.7 Å². The molecule has 1 aliphatic heterocycles. The summed E-state index contributed by atoms with van der Waals surface area (Å²) in [5, 5.41) is 7.34. The minimum atomic E-state index is -1.12. The van der Waals surface area contributed by atoms with Gasteiger partial charge in [0, 0.05) is 18.3 Å². The zero-order chi connectivity index (χ0) is 27.7. The molecule has 0 fully saturated rings. The molecule has 4 aromatic rings. The van der Waals surface area contributed by atoms with Crippen LogP contribution in [0, 0.1) is 0 Å². The molecule has 5 rings (SSSR count). The lowest BCUT2D eigenvalue weighted by Crippen LogP contribution is -2.30. The van der Waals surface area contributed by atoms with Crippen molar-refractivity contribution in [3.8, 4) is 0 Å². The van der Waals surface area contributed by atoms with Crippen LogP contribution >= 0.6 is 0 Å². The molecular weight excluding hydrogens is 498 g/mol. The van der Waals surface area contributed by atoms with E-state index in [4.69, 9.17) is 4.74 Å². The number of hydrogen-bond donors (Lipinski definition) is 2. The SMILES string of the molecule is CC(=O)Nc1ccc(N2C(=O)c3ccc(C(=O)O[C@H](C)C(=O)Nc4ccc5ccccc5c4)cc3C2=O)cc1. The lowest BCUT2D eigenvalue weighted by atomic mass is 10.1. The van der Waals surface area contributed by atoms with Crippen molar-refractivity contribution in [3.05, 3.63) is 102 Å². The molecule has 0 radical (unpaired) electrons. The highest BCUT2D eigenvalue weighted by Crippen LogP contribution is 2.30. The molecule has 1 heterocycles. The summed E-state index contributed by atoms with van der Waals surface area (Å²) in [4.78, 5) is 63.7. The van der Waals surface area contributed by atoms with E-state index in [9.17, 15) is 24.0 Å². The third-order valence-electron chi connectivity index (χ3n) is 6.24. The van der Waals surface area contributed by atoms with Gasteiger partial charge in [-0.1, -0.05) is 30.3 Å². The summed E-state index contributed by atoms with van der Waals surface area (Å²) >= 11 is 0. The van der Waals surface area contributed by atoms with E-state index in [1.807, 2.05) is 36.4 Å². The number of benzene rings is 4. The van der Waals surface area contributed by atoms with Gasteiger partial charge < -0.3 is 15.4 Å². The van der Waals surface area contributed by atoms with Crippen LogP contribution in [0.5, 0.6) is 0 Å². The van der Waals surface area contributed by atoms with Crippen LogP contribution in [-0.2, 0) is 14.3 Å². The minimum Gasteiger partial charge on any atom is -0.449 e. The number of nitrogens with zero attached hydrogens (tertiary/aromatic N) is 1. The Kier molecular flexibility index (Phi) is 6.64. The first-order valence-corrected chi connectivity index (χ1v) is 12.1. The Balaban J connectivity index is 1.27. The summed E-state index contributed by atoms with van der Waals surface area (Å²) in [5.41, 5.74) is 1.62. The standard InChI is InChI=1S/C30H23N3O6/c1-17(27(35)32-23-9-7-19-5-3-4-6-20(19)15-23)39-30(38)21-8-14-25-26(16-21)29(37)33(28(25)36)24-12-10-22(11-13-24)31-18(2)34/h3-17H,1-2H3,(H,31,34)(H,32,35)/t17-/m1/s1. The third-order valence-corrected chi connectivity index (χ3v) is 6.24. The van der Waals surface area contributed by atoms with E-state index in [1.165, 1.54) is 44.2 Å². The van der Waals surface area contributed by atoms with Crippen molar-refractivity contribution in [2.45, 2.75) is 20.0 Å². The number of carbonyl (C=O) groups is 5. The number of rotatable bonds is 6. The first kappa shape index (κ1) is 25.3. The minimum absolute atomic E-state index is 0.0307. The van der Waals surface area contributed by atoms with E-state index in [0.29, 0.717) is 17.1 Å². The van der Waals surface area contributed by atoms with Crippen molar-refractivity contribution in [1.82, 2.24) is 0 Å². The van der Waals surface area contributed by atoms with Crippen LogP contribution in [0.25, 0.3) is 10.8 Å². The predicted molar refractivity (Wildman–Crippen MR) is 146 cm³/mol. The monoisotopic (exact) mass is 521 g/mol. The molecule has 0 aromatic heterocycles. The number of fused-ring (bicyclic) bond motifs is 2. The average molecular weight is 522 g/mol. The first-order chi connectivity index (χ1) is 18.7. The van der Waals surface area contributed by atoms with Crippen molar-refractivity contribution in [3.63, 3.8) is 0 Å². The molecule has 0 aliphatic carbocycles. The Morgan fingerprint density at radius 1 is 0.744 bits per heavy atom. The fraction of sp³-hybridized carbons (Fsp3) is 0.100. The molecule has 0 saturated carbocycles. The number of esters is 1. The van der Waals surface area contributed by atoms with Gasteiger partial charge in [0.15, 0.2) is 6.10 Å². The number of ether oxygens (including phenoxy) is 1. The average Bonchev–Trinajstić information content (AvgIpc) is 3.17. The van der Waals surface area contributed by atoms with Gasteiger partial charge in [-0.15, -0.1) is 0 Å². The fourth-order valence-corrected chi connectivity index (χ4v) is 4.29. The van der Waals surface area contributed by atoms with E-state index >= 15 is 0 Å². The molecule has 194 valence electrons. The van der Waals surface area contributed by atoms with Crippen LogP contribution in [0.3, 0.4) is 0 Å². The smallest absolute Gasteiger partial charge is 0.338 e. The van der Waals surface area contributed by atoms with E-state index in [2.05, 4.69) is 10.6 Å². The molecule has 1 aliphatic rings. The highest BCUT2D eigenvalue weighted by Gasteiger charge is 2.37. The fourth-order valence-electron chi connectivity index (χ4n) is 4.29. The Hall–Kier alpha value is -5.31. The molecule has 0 saturated heterocycles. The number of hydrogen-bond acceptors (Lipinski definition) is 6.